The minimum atomic E-state index is -1.43. The van der Waals surface area contributed by atoms with Crippen LogP contribution in [0.1, 0.15) is 16.7 Å². The van der Waals surface area contributed by atoms with Crippen LogP contribution in [0.5, 0.6) is 0 Å². The van der Waals surface area contributed by atoms with Gasteiger partial charge < -0.3 is 10.6 Å². The first-order valence-corrected chi connectivity index (χ1v) is 12.8. The molecule has 6 nitrogen and oxygen atoms in total. The highest BCUT2D eigenvalue weighted by Crippen LogP contribution is 2.57. The quantitative estimate of drug-likeness (QED) is 0.271. The summed E-state index contributed by atoms with van der Waals surface area (Å²) in [5, 5.41) is 23.0. The fraction of sp³-hybridized carbons (Fsp3) is 0.0312. The zero-order chi connectivity index (χ0) is 26.6. The van der Waals surface area contributed by atoms with Crippen molar-refractivity contribution < 1.29 is 4.79 Å². The number of anilines is 2. The summed E-state index contributed by atoms with van der Waals surface area (Å²) in [7, 11) is 0. The predicted molar refractivity (Wildman–Crippen MR) is 152 cm³/mol. The number of carbonyl (C=O) groups excluding carboxylic acids is 1. The Morgan fingerprint density at radius 3 is 2.18 bits per heavy atom. The largest absolute Gasteiger partial charge is 0.338 e. The maximum atomic E-state index is 14.3. The molecule has 5 aromatic rings. The molecule has 0 radical (unpaired) electrons. The molecule has 1 aromatic heterocycles. The van der Waals surface area contributed by atoms with E-state index in [2.05, 4.69) is 16.7 Å². The van der Waals surface area contributed by atoms with Gasteiger partial charge in [0.25, 0.3) is 0 Å². The Labute approximate surface area is 229 Å². The lowest BCUT2D eigenvalue weighted by Gasteiger charge is -2.35. The number of benzene rings is 4. The number of halogens is 1. The van der Waals surface area contributed by atoms with Crippen molar-refractivity contribution >= 4 is 34.7 Å². The van der Waals surface area contributed by atoms with Crippen LogP contribution in [0.4, 0.5) is 11.5 Å². The number of nitrogens with one attached hydrogen (secondary N) is 2. The number of para-hydroxylation sites is 2. The molecular weight excluding hydrogens is 506 g/mol. The normalized spacial score (nSPS) is 17.3. The van der Waals surface area contributed by atoms with Crippen molar-refractivity contribution in [3.8, 4) is 23.0 Å². The minimum absolute atomic E-state index is 0.292. The Bertz CT molecular complexity index is 1840. The highest BCUT2D eigenvalue weighted by atomic mass is 35.5. The molecule has 0 aliphatic carbocycles. The van der Waals surface area contributed by atoms with Gasteiger partial charge in [-0.2, -0.15) is 10.4 Å². The molecule has 3 heterocycles. The van der Waals surface area contributed by atoms with E-state index in [9.17, 15) is 10.1 Å². The number of hydrogen-bond acceptors (Lipinski definition) is 4. The number of hydrogen-bond donors (Lipinski definition) is 2. The molecule has 4 aromatic carbocycles. The van der Waals surface area contributed by atoms with Crippen molar-refractivity contribution in [1.29, 1.82) is 5.26 Å². The van der Waals surface area contributed by atoms with Crippen LogP contribution in [-0.2, 0) is 10.2 Å². The van der Waals surface area contributed by atoms with Gasteiger partial charge in [-0.1, -0.05) is 90.5 Å². The summed E-state index contributed by atoms with van der Waals surface area (Å²) in [5.41, 5.74) is 4.44. The summed E-state index contributed by atoms with van der Waals surface area (Å²) in [6, 6.07) is 36.7. The van der Waals surface area contributed by atoms with Gasteiger partial charge in [-0.25, -0.2) is 4.68 Å². The van der Waals surface area contributed by atoms with Gasteiger partial charge >= 0.3 is 0 Å². The van der Waals surface area contributed by atoms with Gasteiger partial charge in [0, 0.05) is 27.4 Å². The van der Waals surface area contributed by atoms with E-state index in [1.54, 1.807) is 12.1 Å². The van der Waals surface area contributed by atoms with E-state index < -0.39 is 5.41 Å². The van der Waals surface area contributed by atoms with E-state index in [0.717, 1.165) is 16.8 Å². The third-order valence-corrected chi connectivity index (χ3v) is 7.59. The van der Waals surface area contributed by atoms with E-state index >= 15 is 0 Å². The second kappa shape index (κ2) is 8.73. The molecule has 1 spiro atoms. The van der Waals surface area contributed by atoms with Crippen LogP contribution >= 0.6 is 11.6 Å². The van der Waals surface area contributed by atoms with Gasteiger partial charge in [-0.05, 0) is 35.9 Å². The monoisotopic (exact) mass is 525 g/mol. The van der Waals surface area contributed by atoms with E-state index in [0.29, 0.717) is 44.6 Å². The number of aromatic nitrogens is 2. The van der Waals surface area contributed by atoms with Crippen molar-refractivity contribution in [3.63, 3.8) is 0 Å². The van der Waals surface area contributed by atoms with Crippen LogP contribution < -0.4 is 10.6 Å². The third kappa shape index (κ3) is 3.27. The zero-order valence-corrected chi connectivity index (χ0v) is 21.3. The topological polar surface area (TPSA) is 82.7 Å². The number of nitrogens with zero attached hydrogens (tertiary/aromatic N) is 3. The molecular formula is C32H20ClN5O. The van der Waals surface area contributed by atoms with Crippen molar-refractivity contribution in [3.05, 3.63) is 136 Å². The van der Waals surface area contributed by atoms with E-state index in [-0.39, 0.29) is 5.91 Å². The zero-order valence-electron chi connectivity index (χ0n) is 20.5. The lowest BCUT2D eigenvalue weighted by Crippen LogP contribution is -2.41. The van der Waals surface area contributed by atoms with Gasteiger partial charge in [0.15, 0.2) is 0 Å². The molecule has 39 heavy (non-hydrogen) atoms. The Morgan fingerprint density at radius 2 is 1.46 bits per heavy atom. The number of rotatable bonds is 3. The maximum Gasteiger partial charge on any atom is 0.245 e. The van der Waals surface area contributed by atoms with E-state index in [1.165, 1.54) is 0 Å². The SMILES string of the molecule is N#CC1=C(c2ccc(Cl)cc2)Nc2c(c(-c3ccccc3)nn2-c2ccccc2)[C@@]12C(=O)Nc1ccccc12. The number of amides is 1. The molecule has 0 fully saturated rings. The summed E-state index contributed by atoms with van der Waals surface area (Å²) in [6.45, 7) is 0. The van der Waals surface area contributed by atoms with Crippen LogP contribution in [0.3, 0.4) is 0 Å². The number of fused-ring (bicyclic) bond motifs is 4. The smallest absolute Gasteiger partial charge is 0.245 e. The Hall–Kier alpha value is -5.12. The van der Waals surface area contributed by atoms with Crippen molar-refractivity contribution in [2.24, 2.45) is 0 Å². The molecule has 2 aliphatic heterocycles. The van der Waals surface area contributed by atoms with E-state index in [4.69, 9.17) is 16.7 Å². The Balaban J connectivity index is 1.65. The number of carbonyl (C=O) groups is 1. The average molecular weight is 526 g/mol. The highest BCUT2D eigenvalue weighted by molar-refractivity contribution is 6.30. The molecule has 0 saturated carbocycles. The summed E-state index contributed by atoms with van der Waals surface area (Å²) in [6.07, 6.45) is 0. The summed E-state index contributed by atoms with van der Waals surface area (Å²) < 4.78 is 1.82. The summed E-state index contributed by atoms with van der Waals surface area (Å²) in [4.78, 5) is 14.3. The van der Waals surface area contributed by atoms with Crippen LogP contribution in [-0.4, -0.2) is 15.7 Å². The Morgan fingerprint density at radius 1 is 0.795 bits per heavy atom. The first kappa shape index (κ1) is 23.0. The predicted octanol–water partition coefficient (Wildman–Crippen LogP) is 6.79. The summed E-state index contributed by atoms with van der Waals surface area (Å²) in [5.74, 6) is 0.329. The minimum Gasteiger partial charge on any atom is -0.338 e. The first-order chi connectivity index (χ1) is 19.1. The molecule has 0 bridgehead atoms. The molecule has 2 aliphatic rings. The van der Waals surface area contributed by atoms with Crippen molar-refractivity contribution in [2.75, 3.05) is 10.6 Å². The van der Waals surface area contributed by atoms with Gasteiger partial charge in [0.1, 0.15) is 11.2 Å². The van der Waals surface area contributed by atoms with Crippen LogP contribution in [0, 0.1) is 11.3 Å². The molecule has 7 heteroatoms. The van der Waals surface area contributed by atoms with Gasteiger partial charge in [-0.3, -0.25) is 4.79 Å². The second-order valence-electron chi connectivity index (χ2n) is 9.43. The van der Waals surface area contributed by atoms with Crippen LogP contribution in [0.2, 0.25) is 5.02 Å². The number of nitriles is 1. The van der Waals surface area contributed by atoms with E-state index in [1.807, 2.05) is 102 Å². The maximum absolute atomic E-state index is 14.3. The molecule has 7 rings (SSSR count). The molecule has 0 saturated heterocycles. The van der Waals surface area contributed by atoms with Gasteiger partial charge in [0.05, 0.1) is 28.7 Å². The lowest BCUT2D eigenvalue weighted by atomic mass is 9.66. The van der Waals surface area contributed by atoms with Crippen LogP contribution in [0.25, 0.3) is 22.6 Å². The Kier molecular flexibility index (Phi) is 5.15. The first-order valence-electron chi connectivity index (χ1n) is 12.5. The standard InChI is InChI=1S/C32H20ClN5O/c33-22-17-15-21(16-18-22)28-25(19-34)32(24-13-7-8-14-26(24)35-31(32)39)27-29(20-9-3-1-4-10-20)37-38(30(27)36-28)23-11-5-2-6-12-23/h1-18,36H,(H,35,39)/t32-/m0/s1. The van der Waals surface area contributed by atoms with Crippen LogP contribution in [0.15, 0.2) is 115 Å². The molecule has 2 N–H and O–H groups in total. The van der Waals surface area contributed by atoms with Gasteiger partial charge in [-0.15, -0.1) is 0 Å². The third-order valence-electron chi connectivity index (χ3n) is 7.34. The molecule has 1 amide bonds. The molecule has 186 valence electrons. The second-order valence-corrected chi connectivity index (χ2v) is 9.87. The van der Waals surface area contributed by atoms with Crippen molar-refractivity contribution in [2.45, 2.75) is 5.41 Å². The lowest BCUT2D eigenvalue weighted by molar-refractivity contribution is -0.118. The van der Waals surface area contributed by atoms with Gasteiger partial charge in [0.2, 0.25) is 5.91 Å². The van der Waals surface area contributed by atoms with Crippen molar-refractivity contribution in [1.82, 2.24) is 9.78 Å². The fourth-order valence-corrected chi connectivity index (χ4v) is 5.79. The highest BCUT2D eigenvalue weighted by Gasteiger charge is 2.58. The molecule has 1 atom stereocenters. The average Bonchev–Trinajstić information content (AvgIpc) is 3.50. The summed E-state index contributed by atoms with van der Waals surface area (Å²) >= 11 is 6.21. The fourth-order valence-electron chi connectivity index (χ4n) is 5.66. The molecule has 0 unspecified atom stereocenters.